The van der Waals surface area contributed by atoms with Gasteiger partial charge in [0.2, 0.25) is 0 Å². The van der Waals surface area contributed by atoms with Gasteiger partial charge in [-0.05, 0) is 24.3 Å². The second-order valence-corrected chi connectivity index (χ2v) is 4.87. The van der Waals surface area contributed by atoms with Crippen molar-refractivity contribution in [3.8, 4) is 0 Å². The van der Waals surface area contributed by atoms with Crippen molar-refractivity contribution in [1.29, 1.82) is 0 Å². The molecule has 0 radical (unpaired) electrons. The van der Waals surface area contributed by atoms with Crippen LogP contribution < -0.4 is 10.2 Å². The molecule has 0 spiro atoms. The first-order valence-electron chi connectivity index (χ1n) is 7.01. The second-order valence-electron chi connectivity index (χ2n) is 4.87. The van der Waals surface area contributed by atoms with Crippen LogP contribution in [0.5, 0.6) is 0 Å². The number of anilines is 3. The fraction of sp³-hybridized carbons (Fsp3) is 0.0625. The Morgan fingerprint density at radius 2 is 1.88 bits per heavy atom. The van der Waals surface area contributed by atoms with Gasteiger partial charge in [0.1, 0.15) is 23.7 Å². The summed E-state index contributed by atoms with van der Waals surface area (Å²) in [5, 5.41) is 2.57. The van der Waals surface area contributed by atoms with Crippen LogP contribution in [0.25, 0.3) is 0 Å². The highest BCUT2D eigenvalue weighted by Crippen LogP contribution is 2.22. The number of aromatic nitrogens is 4. The molecular weight excluding hydrogens is 311 g/mol. The van der Waals surface area contributed by atoms with Crippen LogP contribution in [-0.4, -0.2) is 32.9 Å². The number of rotatable bonds is 4. The molecular formula is C16H13FN6O. The van der Waals surface area contributed by atoms with Gasteiger partial charge in [-0.3, -0.25) is 9.78 Å². The molecule has 1 N–H and O–H groups in total. The number of hydrogen-bond donors (Lipinski definition) is 1. The molecule has 0 unspecified atom stereocenters. The maximum Gasteiger partial charge on any atom is 0.275 e. The van der Waals surface area contributed by atoms with Gasteiger partial charge in [0.15, 0.2) is 0 Å². The van der Waals surface area contributed by atoms with E-state index in [-0.39, 0.29) is 11.5 Å². The summed E-state index contributed by atoms with van der Waals surface area (Å²) in [5.41, 5.74) is 1.73. The van der Waals surface area contributed by atoms with Gasteiger partial charge in [0, 0.05) is 18.9 Å². The van der Waals surface area contributed by atoms with E-state index < -0.39 is 11.7 Å². The molecule has 1 amide bonds. The highest BCUT2D eigenvalue weighted by Gasteiger charge is 2.12. The van der Waals surface area contributed by atoms with Gasteiger partial charge in [0.25, 0.3) is 5.91 Å². The van der Waals surface area contributed by atoms with E-state index in [2.05, 4.69) is 25.3 Å². The average molecular weight is 324 g/mol. The number of carbonyl (C=O) groups excluding carboxylic acids is 1. The Balaban J connectivity index is 1.79. The summed E-state index contributed by atoms with van der Waals surface area (Å²) in [6.07, 6.45) is 7.33. The fourth-order valence-electron chi connectivity index (χ4n) is 2.00. The first kappa shape index (κ1) is 15.5. The third kappa shape index (κ3) is 3.49. The number of hydrogen-bond acceptors (Lipinski definition) is 6. The molecule has 0 aromatic carbocycles. The number of nitrogens with zero attached hydrogens (tertiary/aromatic N) is 5. The van der Waals surface area contributed by atoms with Crippen LogP contribution in [0.4, 0.5) is 21.6 Å². The Bertz CT molecular complexity index is 841. The molecule has 7 nitrogen and oxygen atoms in total. The standard InChI is InChI=1S/C16H13FN6O/c1-23(13-8-18-10-19-9-13)12-4-5-20-14(6-12)16(24)22-15-3-2-11(17)7-21-15/h2-10H,1H3,(H,21,22,24). The lowest BCUT2D eigenvalue weighted by atomic mass is 10.2. The lowest BCUT2D eigenvalue weighted by Gasteiger charge is -2.18. The number of pyridine rings is 2. The largest absolute Gasteiger partial charge is 0.342 e. The van der Waals surface area contributed by atoms with Gasteiger partial charge >= 0.3 is 0 Å². The van der Waals surface area contributed by atoms with Gasteiger partial charge in [-0.15, -0.1) is 0 Å². The average Bonchev–Trinajstić information content (AvgIpc) is 2.64. The summed E-state index contributed by atoms with van der Waals surface area (Å²) in [4.78, 5) is 29.9. The van der Waals surface area contributed by atoms with E-state index in [4.69, 9.17) is 0 Å². The summed E-state index contributed by atoms with van der Waals surface area (Å²) in [7, 11) is 1.83. The van der Waals surface area contributed by atoms with Crippen LogP contribution >= 0.6 is 0 Å². The maximum atomic E-state index is 12.8. The van der Waals surface area contributed by atoms with Crippen LogP contribution in [0.2, 0.25) is 0 Å². The highest BCUT2D eigenvalue weighted by molar-refractivity contribution is 6.02. The molecule has 3 rings (SSSR count). The van der Waals surface area contributed by atoms with Crippen molar-refractivity contribution in [2.24, 2.45) is 0 Å². The molecule has 0 atom stereocenters. The Labute approximate surface area is 137 Å². The van der Waals surface area contributed by atoms with Crippen molar-refractivity contribution in [3.05, 3.63) is 66.9 Å². The molecule has 0 fully saturated rings. The van der Waals surface area contributed by atoms with Crippen molar-refractivity contribution in [2.45, 2.75) is 0 Å². The molecule has 0 aliphatic carbocycles. The zero-order chi connectivity index (χ0) is 16.9. The molecule has 24 heavy (non-hydrogen) atoms. The van der Waals surface area contributed by atoms with Crippen LogP contribution in [-0.2, 0) is 0 Å². The molecule has 0 bridgehead atoms. The minimum absolute atomic E-state index is 0.210. The first-order valence-corrected chi connectivity index (χ1v) is 7.01. The van der Waals surface area contributed by atoms with Crippen molar-refractivity contribution in [2.75, 3.05) is 17.3 Å². The number of amides is 1. The van der Waals surface area contributed by atoms with Crippen LogP contribution in [0.3, 0.4) is 0 Å². The lowest BCUT2D eigenvalue weighted by molar-refractivity contribution is 0.102. The summed E-state index contributed by atoms with van der Waals surface area (Å²) in [6, 6.07) is 5.99. The predicted octanol–water partition coefficient (Wildman–Crippen LogP) is 2.43. The normalized spacial score (nSPS) is 10.2. The fourth-order valence-corrected chi connectivity index (χ4v) is 2.00. The molecule has 0 saturated heterocycles. The quantitative estimate of drug-likeness (QED) is 0.793. The highest BCUT2D eigenvalue weighted by atomic mass is 19.1. The van der Waals surface area contributed by atoms with Gasteiger partial charge in [-0.25, -0.2) is 19.3 Å². The van der Waals surface area contributed by atoms with Crippen LogP contribution in [0.1, 0.15) is 10.5 Å². The van der Waals surface area contributed by atoms with Crippen molar-refractivity contribution in [3.63, 3.8) is 0 Å². The Kier molecular flexibility index (Phi) is 4.37. The first-order chi connectivity index (χ1) is 11.6. The number of halogens is 1. The molecule has 3 aromatic rings. The minimum atomic E-state index is -0.472. The van der Waals surface area contributed by atoms with Gasteiger partial charge < -0.3 is 10.2 Å². The van der Waals surface area contributed by atoms with Crippen LogP contribution in [0, 0.1) is 5.82 Å². The predicted molar refractivity (Wildman–Crippen MR) is 86.5 cm³/mol. The van der Waals surface area contributed by atoms with E-state index >= 15 is 0 Å². The molecule has 8 heteroatoms. The summed E-state index contributed by atoms with van der Waals surface area (Å²) >= 11 is 0. The Hall–Kier alpha value is -3.42. The van der Waals surface area contributed by atoms with Crippen LogP contribution in [0.15, 0.2) is 55.4 Å². The summed E-state index contributed by atoms with van der Waals surface area (Å²) < 4.78 is 12.8. The van der Waals surface area contributed by atoms with Gasteiger partial charge in [0.05, 0.1) is 24.3 Å². The lowest BCUT2D eigenvalue weighted by Crippen LogP contribution is -2.16. The number of nitrogens with one attached hydrogen (secondary N) is 1. The molecule has 120 valence electrons. The summed E-state index contributed by atoms with van der Waals surface area (Å²) in [5.74, 6) is -0.660. The van der Waals surface area contributed by atoms with E-state index in [1.165, 1.54) is 24.7 Å². The minimum Gasteiger partial charge on any atom is -0.342 e. The molecule has 3 heterocycles. The van der Waals surface area contributed by atoms with Crippen molar-refractivity contribution in [1.82, 2.24) is 19.9 Å². The zero-order valence-corrected chi connectivity index (χ0v) is 12.7. The topological polar surface area (TPSA) is 83.9 Å². The van der Waals surface area contributed by atoms with Gasteiger partial charge in [-0.1, -0.05) is 0 Å². The molecule has 0 aliphatic rings. The molecule has 3 aromatic heterocycles. The van der Waals surface area contributed by atoms with Gasteiger partial charge in [-0.2, -0.15) is 0 Å². The van der Waals surface area contributed by atoms with E-state index in [0.717, 1.165) is 17.6 Å². The zero-order valence-electron chi connectivity index (χ0n) is 12.7. The Morgan fingerprint density at radius 3 is 2.58 bits per heavy atom. The third-order valence-corrected chi connectivity index (χ3v) is 3.27. The monoisotopic (exact) mass is 324 g/mol. The maximum absolute atomic E-state index is 12.8. The summed E-state index contributed by atoms with van der Waals surface area (Å²) in [6.45, 7) is 0. The number of carbonyl (C=O) groups is 1. The smallest absolute Gasteiger partial charge is 0.275 e. The Morgan fingerprint density at radius 1 is 1.08 bits per heavy atom. The third-order valence-electron chi connectivity index (χ3n) is 3.27. The van der Waals surface area contributed by atoms with Crippen molar-refractivity contribution >= 4 is 23.1 Å². The van der Waals surface area contributed by atoms with Crippen molar-refractivity contribution < 1.29 is 9.18 Å². The van der Waals surface area contributed by atoms with E-state index in [1.807, 2.05) is 11.9 Å². The molecule has 0 saturated carbocycles. The molecule has 0 aliphatic heterocycles. The SMILES string of the molecule is CN(c1cncnc1)c1ccnc(C(=O)Nc2ccc(F)cn2)c1. The van der Waals surface area contributed by atoms with E-state index in [1.54, 1.807) is 24.5 Å². The van der Waals surface area contributed by atoms with E-state index in [9.17, 15) is 9.18 Å². The second kappa shape index (κ2) is 6.78. The van der Waals surface area contributed by atoms with E-state index in [0.29, 0.717) is 0 Å².